The second-order valence-electron chi connectivity index (χ2n) is 3.30. The molecular weight excluding hydrogens is 146 g/mol. The molecule has 0 aliphatic heterocycles. The molecule has 0 aromatic heterocycles. The first-order chi connectivity index (χ1) is 5.11. The van der Waals surface area contributed by atoms with E-state index >= 15 is 0 Å². The Labute approximate surface area is 65.4 Å². The van der Waals surface area contributed by atoms with Crippen molar-refractivity contribution in [2.45, 2.75) is 38.3 Å². The van der Waals surface area contributed by atoms with Crippen molar-refractivity contribution in [2.75, 3.05) is 0 Å². The summed E-state index contributed by atoms with van der Waals surface area (Å²) in [7, 11) is 0. The largest absolute Gasteiger partial charge is 0.393 e. The van der Waals surface area contributed by atoms with Crippen molar-refractivity contribution < 1.29 is 10.0 Å². The Morgan fingerprint density at radius 3 is 2.64 bits per heavy atom. The zero-order valence-corrected chi connectivity index (χ0v) is 6.56. The van der Waals surface area contributed by atoms with Crippen LogP contribution in [-0.4, -0.2) is 22.2 Å². The van der Waals surface area contributed by atoms with Crippen molar-refractivity contribution in [3.8, 4) is 0 Å². The highest BCUT2D eigenvalue weighted by Crippen LogP contribution is 2.25. The average Bonchev–Trinajstić information content (AvgIpc) is 1.94. The number of aliphatic hydroxyl groups is 1. The molecule has 0 spiro atoms. The van der Waals surface area contributed by atoms with E-state index in [2.05, 4.69) is 0 Å². The molecule has 64 valence electrons. The highest BCUT2D eigenvalue weighted by atomic mass is 16.6. The van der Waals surface area contributed by atoms with Gasteiger partial charge in [-0.2, -0.15) is 0 Å². The lowest BCUT2D eigenvalue weighted by molar-refractivity contribution is -0.529. The van der Waals surface area contributed by atoms with E-state index in [1.807, 2.05) is 6.92 Å². The molecule has 1 aliphatic rings. The monoisotopic (exact) mass is 159 g/mol. The van der Waals surface area contributed by atoms with Crippen molar-refractivity contribution in [3.05, 3.63) is 10.1 Å². The van der Waals surface area contributed by atoms with Crippen molar-refractivity contribution >= 4 is 0 Å². The van der Waals surface area contributed by atoms with Crippen LogP contribution in [-0.2, 0) is 0 Å². The van der Waals surface area contributed by atoms with Crippen LogP contribution in [0.2, 0.25) is 0 Å². The molecular formula is C7H13NO3. The van der Waals surface area contributed by atoms with Gasteiger partial charge in [-0.3, -0.25) is 10.1 Å². The molecule has 3 atom stereocenters. The maximum absolute atomic E-state index is 10.3. The lowest BCUT2D eigenvalue weighted by Crippen LogP contribution is -2.34. The Hall–Kier alpha value is -0.640. The van der Waals surface area contributed by atoms with Gasteiger partial charge in [-0.25, -0.2) is 0 Å². The quantitative estimate of drug-likeness (QED) is 0.455. The van der Waals surface area contributed by atoms with Gasteiger partial charge in [-0.05, 0) is 12.3 Å². The van der Waals surface area contributed by atoms with E-state index in [0.717, 1.165) is 0 Å². The van der Waals surface area contributed by atoms with Gasteiger partial charge < -0.3 is 5.11 Å². The fourth-order valence-corrected chi connectivity index (χ4v) is 1.54. The summed E-state index contributed by atoms with van der Waals surface area (Å²) < 4.78 is 0. The second-order valence-corrected chi connectivity index (χ2v) is 3.30. The van der Waals surface area contributed by atoms with Gasteiger partial charge in [0.15, 0.2) is 0 Å². The highest BCUT2D eigenvalue weighted by molar-refractivity contribution is 4.76. The topological polar surface area (TPSA) is 63.4 Å². The van der Waals surface area contributed by atoms with E-state index in [0.29, 0.717) is 19.3 Å². The Morgan fingerprint density at radius 2 is 2.18 bits per heavy atom. The number of hydrogen-bond acceptors (Lipinski definition) is 3. The first-order valence-corrected chi connectivity index (χ1v) is 3.93. The van der Waals surface area contributed by atoms with Crippen LogP contribution in [0.25, 0.3) is 0 Å². The summed E-state index contributed by atoms with van der Waals surface area (Å²) in [5.74, 6) is 0.0825. The minimum atomic E-state index is -0.423. The Bertz CT molecular complexity index is 160. The first-order valence-electron chi connectivity index (χ1n) is 3.93. The van der Waals surface area contributed by atoms with Gasteiger partial charge >= 0.3 is 0 Å². The highest BCUT2D eigenvalue weighted by Gasteiger charge is 2.32. The summed E-state index contributed by atoms with van der Waals surface area (Å²) in [6.45, 7) is 1.86. The number of aliphatic hydroxyl groups excluding tert-OH is 1. The molecule has 0 saturated heterocycles. The Kier molecular flexibility index (Phi) is 2.44. The van der Waals surface area contributed by atoms with Crippen molar-refractivity contribution in [3.63, 3.8) is 0 Å². The number of rotatable bonds is 1. The van der Waals surface area contributed by atoms with E-state index in [9.17, 15) is 15.2 Å². The summed E-state index contributed by atoms with van der Waals surface area (Å²) in [5.41, 5.74) is 0. The molecule has 1 N–H and O–H groups in total. The minimum absolute atomic E-state index is 0.0825. The Morgan fingerprint density at radius 1 is 1.55 bits per heavy atom. The summed E-state index contributed by atoms with van der Waals surface area (Å²) in [6.07, 6.45) is 1.30. The lowest BCUT2D eigenvalue weighted by Gasteiger charge is -2.25. The van der Waals surface area contributed by atoms with Gasteiger partial charge in [0, 0.05) is 17.8 Å². The minimum Gasteiger partial charge on any atom is -0.393 e. The molecule has 0 radical (unpaired) electrons. The third-order valence-electron chi connectivity index (χ3n) is 2.39. The first kappa shape index (κ1) is 8.46. The van der Waals surface area contributed by atoms with Crippen molar-refractivity contribution in [1.29, 1.82) is 0 Å². The standard InChI is InChI=1S/C7H13NO3/c1-5-4-6(8(10)11)2-3-7(5)9/h5-7,9H,2-4H2,1H3. The van der Waals surface area contributed by atoms with E-state index in [1.54, 1.807) is 0 Å². The van der Waals surface area contributed by atoms with Gasteiger partial charge in [0.2, 0.25) is 6.04 Å². The summed E-state index contributed by atoms with van der Waals surface area (Å²) in [4.78, 5) is 10.1. The van der Waals surface area contributed by atoms with E-state index < -0.39 is 6.04 Å². The predicted molar refractivity (Wildman–Crippen MR) is 39.8 cm³/mol. The third-order valence-corrected chi connectivity index (χ3v) is 2.39. The van der Waals surface area contributed by atoms with Crippen LogP contribution in [0.15, 0.2) is 0 Å². The zero-order valence-electron chi connectivity index (χ0n) is 6.56. The van der Waals surface area contributed by atoms with Crippen LogP contribution in [0, 0.1) is 16.0 Å². The normalized spacial score (nSPS) is 38.5. The van der Waals surface area contributed by atoms with Crippen molar-refractivity contribution in [1.82, 2.24) is 0 Å². The molecule has 4 nitrogen and oxygen atoms in total. The van der Waals surface area contributed by atoms with Gasteiger partial charge in [0.05, 0.1) is 6.10 Å². The molecule has 1 fully saturated rings. The molecule has 3 unspecified atom stereocenters. The predicted octanol–water partition coefficient (Wildman–Crippen LogP) is 0.813. The molecule has 0 bridgehead atoms. The third kappa shape index (κ3) is 1.89. The van der Waals surface area contributed by atoms with Crippen molar-refractivity contribution in [2.24, 2.45) is 5.92 Å². The smallest absolute Gasteiger partial charge is 0.213 e. The molecule has 1 rings (SSSR count). The average molecular weight is 159 g/mol. The van der Waals surface area contributed by atoms with Crippen LogP contribution >= 0.6 is 0 Å². The van der Waals surface area contributed by atoms with Gasteiger partial charge in [-0.15, -0.1) is 0 Å². The number of nitrogens with zero attached hydrogens (tertiary/aromatic N) is 1. The summed E-state index contributed by atoms with van der Waals surface area (Å²) >= 11 is 0. The zero-order chi connectivity index (χ0) is 8.43. The van der Waals surface area contributed by atoms with E-state index in [1.165, 1.54) is 0 Å². The van der Waals surface area contributed by atoms with Crippen LogP contribution in [0.4, 0.5) is 0 Å². The van der Waals surface area contributed by atoms with E-state index in [4.69, 9.17) is 0 Å². The molecule has 0 heterocycles. The molecule has 1 saturated carbocycles. The number of nitro groups is 1. The van der Waals surface area contributed by atoms with Crippen LogP contribution in [0.1, 0.15) is 26.2 Å². The molecule has 11 heavy (non-hydrogen) atoms. The summed E-state index contributed by atoms with van der Waals surface area (Å²) in [6, 6.07) is -0.423. The summed E-state index contributed by atoms with van der Waals surface area (Å²) in [5, 5.41) is 19.6. The van der Waals surface area contributed by atoms with Gasteiger partial charge in [0.1, 0.15) is 0 Å². The maximum atomic E-state index is 10.3. The fraction of sp³-hybridized carbons (Fsp3) is 1.00. The molecule has 4 heteroatoms. The lowest BCUT2D eigenvalue weighted by atomic mass is 9.85. The molecule has 0 amide bonds. The van der Waals surface area contributed by atoms with Crippen LogP contribution in [0.3, 0.4) is 0 Å². The Balaban J connectivity index is 2.46. The second kappa shape index (κ2) is 3.17. The molecule has 0 aromatic carbocycles. The fourth-order valence-electron chi connectivity index (χ4n) is 1.54. The van der Waals surface area contributed by atoms with Crippen LogP contribution in [0.5, 0.6) is 0 Å². The van der Waals surface area contributed by atoms with Gasteiger partial charge in [-0.1, -0.05) is 6.92 Å². The molecule has 1 aliphatic carbocycles. The molecule has 0 aromatic rings. The van der Waals surface area contributed by atoms with Gasteiger partial charge in [0.25, 0.3) is 0 Å². The maximum Gasteiger partial charge on any atom is 0.213 e. The number of hydrogen-bond donors (Lipinski definition) is 1. The van der Waals surface area contributed by atoms with E-state index in [-0.39, 0.29) is 16.9 Å². The SMILES string of the molecule is CC1CC([N+](=O)[O-])CCC1O. The van der Waals surface area contributed by atoms with Crippen LogP contribution < -0.4 is 0 Å².